The third kappa shape index (κ3) is 5.21. The molecule has 6 nitrogen and oxygen atoms in total. The quantitative estimate of drug-likeness (QED) is 0.313. The van der Waals surface area contributed by atoms with Crippen molar-refractivity contribution in [3.8, 4) is 11.3 Å². The number of benzene rings is 1. The van der Waals surface area contributed by atoms with Gasteiger partial charge < -0.3 is 14.7 Å². The molecular formula is C29H31N3O3. The Morgan fingerprint density at radius 1 is 1.06 bits per heavy atom. The molecule has 1 aliphatic carbocycles. The maximum atomic E-state index is 13.1. The molecule has 5 rings (SSSR count). The molecule has 2 N–H and O–H groups in total. The van der Waals surface area contributed by atoms with E-state index in [0.717, 1.165) is 54.3 Å². The first-order valence-electron chi connectivity index (χ1n) is 12.5. The van der Waals surface area contributed by atoms with Crippen molar-refractivity contribution in [1.82, 2.24) is 15.3 Å². The van der Waals surface area contributed by atoms with Crippen LogP contribution in [-0.2, 0) is 11.2 Å². The van der Waals surface area contributed by atoms with E-state index in [-0.39, 0.29) is 29.9 Å². The number of furan rings is 1. The van der Waals surface area contributed by atoms with Crippen LogP contribution >= 0.6 is 0 Å². The Hall–Kier alpha value is -3.67. The minimum Gasteiger partial charge on any atom is -0.453 e. The summed E-state index contributed by atoms with van der Waals surface area (Å²) in [5, 5.41) is 3.85. The lowest BCUT2D eigenvalue weighted by molar-refractivity contribution is -0.126. The molecule has 3 heterocycles. The SMILES string of the molecule is CNC(=O)[C@@H](CC(=O)c1ccc(-c2ccc3[nH]c(Cc4ccncc4)cc3c2)o1)C1CCCCC1. The summed E-state index contributed by atoms with van der Waals surface area (Å²) in [7, 11) is 1.65. The lowest BCUT2D eigenvalue weighted by Gasteiger charge is -2.28. The van der Waals surface area contributed by atoms with E-state index in [1.807, 2.05) is 30.3 Å². The number of rotatable bonds is 8. The normalized spacial score (nSPS) is 15.2. The summed E-state index contributed by atoms with van der Waals surface area (Å²) >= 11 is 0. The number of hydrogen-bond donors (Lipinski definition) is 2. The van der Waals surface area contributed by atoms with E-state index < -0.39 is 0 Å². The number of pyridine rings is 1. The van der Waals surface area contributed by atoms with Crippen LogP contribution in [-0.4, -0.2) is 28.7 Å². The number of amides is 1. The summed E-state index contributed by atoms with van der Waals surface area (Å²) in [5.41, 5.74) is 4.30. The van der Waals surface area contributed by atoms with Crippen molar-refractivity contribution in [2.45, 2.75) is 44.9 Å². The van der Waals surface area contributed by atoms with Gasteiger partial charge in [-0.1, -0.05) is 19.3 Å². The van der Waals surface area contributed by atoms with Crippen molar-refractivity contribution in [3.05, 3.63) is 77.9 Å². The van der Waals surface area contributed by atoms with Gasteiger partial charge >= 0.3 is 0 Å². The van der Waals surface area contributed by atoms with Crippen LogP contribution in [0.3, 0.4) is 0 Å². The first kappa shape index (κ1) is 23.1. The highest BCUT2D eigenvalue weighted by molar-refractivity contribution is 5.97. The van der Waals surface area contributed by atoms with Crippen LogP contribution in [0.5, 0.6) is 0 Å². The van der Waals surface area contributed by atoms with Crippen LogP contribution in [0.4, 0.5) is 0 Å². The molecule has 1 saturated carbocycles. The number of ketones is 1. The first-order chi connectivity index (χ1) is 17.1. The van der Waals surface area contributed by atoms with Gasteiger partial charge in [0, 0.05) is 60.4 Å². The number of Topliss-reactive ketones (excluding diaryl/α,β-unsaturated/α-hetero) is 1. The Kier molecular flexibility index (Phi) is 6.80. The molecule has 3 aromatic heterocycles. The minimum absolute atomic E-state index is 0.0440. The Bertz CT molecular complexity index is 1320. The molecule has 0 radical (unpaired) electrons. The highest BCUT2D eigenvalue weighted by Crippen LogP contribution is 2.33. The fourth-order valence-electron chi connectivity index (χ4n) is 5.30. The van der Waals surface area contributed by atoms with Gasteiger partial charge in [0.25, 0.3) is 0 Å². The topological polar surface area (TPSA) is 88.0 Å². The number of carbonyl (C=O) groups is 2. The second kappa shape index (κ2) is 10.3. The molecule has 0 spiro atoms. The van der Waals surface area contributed by atoms with E-state index >= 15 is 0 Å². The van der Waals surface area contributed by atoms with Crippen LogP contribution in [0.2, 0.25) is 0 Å². The number of hydrogen-bond acceptors (Lipinski definition) is 4. The van der Waals surface area contributed by atoms with Crippen molar-refractivity contribution in [2.75, 3.05) is 7.05 Å². The summed E-state index contributed by atoms with van der Waals surface area (Å²) in [6.45, 7) is 0. The number of carbonyl (C=O) groups excluding carboxylic acids is 2. The van der Waals surface area contributed by atoms with Crippen molar-refractivity contribution < 1.29 is 14.0 Å². The number of nitrogens with zero attached hydrogens (tertiary/aromatic N) is 1. The fraction of sp³-hybridized carbons (Fsp3) is 0.345. The summed E-state index contributed by atoms with van der Waals surface area (Å²) in [6, 6.07) is 15.9. The van der Waals surface area contributed by atoms with Crippen LogP contribution in [0.15, 0.2) is 65.3 Å². The predicted molar refractivity (Wildman–Crippen MR) is 136 cm³/mol. The number of aromatic amines is 1. The van der Waals surface area contributed by atoms with Gasteiger partial charge in [-0.3, -0.25) is 14.6 Å². The standard InChI is InChI=1S/C29H31N3O3/c1-30-29(34)24(20-5-3-2-4-6-20)18-26(33)28-10-9-27(35-28)21-7-8-25-22(16-21)17-23(32-25)15-19-11-13-31-14-12-19/h7-14,16-17,20,24,32H,2-6,15,18H2,1H3,(H,30,34)/t24-/m0/s1. The highest BCUT2D eigenvalue weighted by atomic mass is 16.3. The number of aromatic nitrogens is 2. The van der Waals surface area contributed by atoms with E-state index in [1.165, 1.54) is 12.0 Å². The van der Waals surface area contributed by atoms with Gasteiger partial charge in [-0.25, -0.2) is 0 Å². The molecule has 6 heteroatoms. The van der Waals surface area contributed by atoms with Crippen LogP contribution in [0, 0.1) is 11.8 Å². The van der Waals surface area contributed by atoms with Crippen LogP contribution in [0.25, 0.3) is 22.2 Å². The lowest BCUT2D eigenvalue weighted by atomic mass is 9.77. The van der Waals surface area contributed by atoms with Crippen molar-refractivity contribution >= 4 is 22.6 Å². The molecule has 1 aromatic carbocycles. The predicted octanol–water partition coefficient (Wildman–Crippen LogP) is 5.93. The van der Waals surface area contributed by atoms with Gasteiger partial charge in [-0.05, 0) is 72.9 Å². The molecule has 1 atom stereocenters. The second-order valence-corrected chi connectivity index (χ2v) is 9.54. The van der Waals surface area contributed by atoms with Gasteiger partial charge in [0.1, 0.15) is 5.76 Å². The Balaban J connectivity index is 1.31. The average Bonchev–Trinajstić information content (AvgIpc) is 3.54. The third-order valence-corrected chi connectivity index (χ3v) is 7.19. The molecule has 4 aromatic rings. The zero-order chi connectivity index (χ0) is 24.2. The molecule has 0 aliphatic heterocycles. The second-order valence-electron chi connectivity index (χ2n) is 9.54. The lowest BCUT2D eigenvalue weighted by Crippen LogP contribution is -2.35. The fourth-order valence-corrected chi connectivity index (χ4v) is 5.30. The first-order valence-corrected chi connectivity index (χ1v) is 12.5. The van der Waals surface area contributed by atoms with Crippen molar-refractivity contribution in [3.63, 3.8) is 0 Å². The monoisotopic (exact) mass is 469 g/mol. The maximum Gasteiger partial charge on any atom is 0.223 e. The van der Waals surface area contributed by atoms with Crippen molar-refractivity contribution in [1.29, 1.82) is 0 Å². The molecule has 1 aliphatic rings. The zero-order valence-electron chi connectivity index (χ0n) is 20.0. The smallest absolute Gasteiger partial charge is 0.223 e. The zero-order valence-corrected chi connectivity index (χ0v) is 20.0. The highest BCUT2D eigenvalue weighted by Gasteiger charge is 2.32. The Labute approximate surface area is 205 Å². The minimum atomic E-state index is -0.295. The summed E-state index contributed by atoms with van der Waals surface area (Å²) < 4.78 is 5.99. The summed E-state index contributed by atoms with van der Waals surface area (Å²) in [4.78, 5) is 33.2. The largest absolute Gasteiger partial charge is 0.453 e. The van der Waals surface area contributed by atoms with E-state index in [1.54, 1.807) is 25.5 Å². The van der Waals surface area contributed by atoms with E-state index in [0.29, 0.717) is 11.5 Å². The summed E-state index contributed by atoms with van der Waals surface area (Å²) in [5.74, 6) is 0.782. The van der Waals surface area contributed by atoms with Crippen molar-refractivity contribution in [2.24, 2.45) is 11.8 Å². The summed E-state index contributed by atoms with van der Waals surface area (Å²) in [6.07, 6.45) is 10.1. The van der Waals surface area contributed by atoms with E-state index in [9.17, 15) is 9.59 Å². The molecule has 0 unspecified atom stereocenters. The van der Waals surface area contributed by atoms with Crippen LogP contribution < -0.4 is 5.32 Å². The number of fused-ring (bicyclic) bond motifs is 1. The van der Waals surface area contributed by atoms with Gasteiger partial charge in [-0.15, -0.1) is 0 Å². The van der Waals surface area contributed by atoms with Gasteiger partial charge in [0.2, 0.25) is 5.91 Å². The van der Waals surface area contributed by atoms with Crippen LogP contribution in [0.1, 0.15) is 60.3 Å². The Morgan fingerprint density at radius 3 is 2.63 bits per heavy atom. The van der Waals surface area contributed by atoms with Gasteiger partial charge in [-0.2, -0.15) is 0 Å². The molecule has 1 fully saturated rings. The molecule has 180 valence electrons. The number of H-pyrrole nitrogens is 1. The van der Waals surface area contributed by atoms with E-state index in [2.05, 4.69) is 27.4 Å². The van der Waals surface area contributed by atoms with Gasteiger partial charge in [0.15, 0.2) is 11.5 Å². The Morgan fingerprint density at radius 2 is 1.86 bits per heavy atom. The third-order valence-electron chi connectivity index (χ3n) is 7.19. The molecule has 35 heavy (non-hydrogen) atoms. The number of nitrogens with one attached hydrogen (secondary N) is 2. The molecule has 0 bridgehead atoms. The van der Waals surface area contributed by atoms with Gasteiger partial charge in [0.05, 0.1) is 0 Å². The average molecular weight is 470 g/mol. The maximum absolute atomic E-state index is 13.1. The van der Waals surface area contributed by atoms with E-state index in [4.69, 9.17) is 4.42 Å². The molecule has 1 amide bonds. The molecular weight excluding hydrogens is 438 g/mol. The molecule has 0 saturated heterocycles.